The monoisotopic (exact) mass is 667 g/mol. The van der Waals surface area contributed by atoms with Crippen LogP contribution in [-0.4, -0.2) is 115 Å². The van der Waals surface area contributed by atoms with E-state index >= 15 is 0 Å². The minimum absolute atomic E-state index is 0.0614. The maximum absolute atomic E-state index is 12.9. The van der Waals surface area contributed by atoms with Gasteiger partial charge in [0.2, 0.25) is 0 Å². The number of carbonyl (C=O) groups excluding carboxylic acids is 1. The Morgan fingerprint density at radius 1 is 0.939 bits per heavy atom. The summed E-state index contributed by atoms with van der Waals surface area (Å²) in [6.07, 6.45) is 9.65. The number of hydrogen-bond donors (Lipinski definition) is 2. The molecule has 2 aromatic heterocycles. The molecular formula is C37H49N9O3. The zero-order valence-corrected chi connectivity index (χ0v) is 28.9. The van der Waals surface area contributed by atoms with E-state index in [1.165, 1.54) is 57.5 Å². The first-order valence-corrected chi connectivity index (χ1v) is 18.0. The Hall–Kier alpha value is -4.00. The second-order valence-corrected chi connectivity index (χ2v) is 14.8. The van der Waals surface area contributed by atoms with E-state index in [0.717, 1.165) is 44.6 Å². The molecule has 7 heterocycles. The highest BCUT2D eigenvalue weighted by molar-refractivity contribution is 5.98. The lowest BCUT2D eigenvalue weighted by Gasteiger charge is -2.55. The third kappa shape index (κ3) is 6.08. The summed E-state index contributed by atoms with van der Waals surface area (Å²) in [6.45, 7) is 9.42. The van der Waals surface area contributed by atoms with Gasteiger partial charge in [-0.2, -0.15) is 0 Å². The topological polar surface area (TPSA) is 125 Å². The van der Waals surface area contributed by atoms with Crippen LogP contribution >= 0.6 is 0 Å². The van der Waals surface area contributed by atoms with E-state index in [-0.39, 0.29) is 11.2 Å². The molecule has 5 aliphatic rings. The summed E-state index contributed by atoms with van der Waals surface area (Å²) in [4.78, 5) is 37.4. The fourth-order valence-corrected chi connectivity index (χ4v) is 9.07. The van der Waals surface area contributed by atoms with Crippen molar-refractivity contribution < 1.29 is 14.3 Å². The predicted octanol–water partition coefficient (Wildman–Crippen LogP) is 4.15. The van der Waals surface area contributed by atoms with Gasteiger partial charge in [0.1, 0.15) is 17.1 Å². The van der Waals surface area contributed by atoms with E-state index < -0.39 is 5.91 Å². The number of carbonyl (C=O) groups is 1. The van der Waals surface area contributed by atoms with E-state index in [1.807, 2.05) is 24.3 Å². The van der Waals surface area contributed by atoms with Gasteiger partial charge in [-0.25, -0.2) is 9.97 Å². The number of benzene rings is 1. The maximum atomic E-state index is 12.9. The Morgan fingerprint density at radius 3 is 2.31 bits per heavy atom. The third-order valence-electron chi connectivity index (χ3n) is 11.9. The number of likely N-dealkylation sites (tertiary alicyclic amines) is 2. The highest BCUT2D eigenvalue weighted by Crippen LogP contribution is 2.46. The number of pyridine rings is 1. The average molecular weight is 668 g/mol. The summed E-state index contributed by atoms with van der Waals surface area (Å²) in [7, 11) is 3.85. The molecule has 0 bridgehead atoms. The average Bonchev–Trinajstić information content (AvgIpc) is 3.12. The normalized spacial score (nSPS) is 22.5. The second kappa shape index (κ2) is 13.0. The number of nitrogens with zero attached hydrogens (tertiary/aromatic N) is 7. The Labute approximate surface area is 289 Å². The van der Waals surface area contributed by atoms with Crippen molar-refractivity contribution in [3.8, 4) is 17.1 Å². The number of amides is 1. The van der Waals surface area contributed by atoms with Crippen LogP contribution in [0.5, 0.6) is 5.75 Å². The molecule has 0 unspecified atom stereocenters. The Balaban J connectivity index is 0.999. The van der Waals surface area contributed by atoms with E-state index in [1.54, 1.807) is 13.3 Å². The summed E-state index contributed by atoms with van der Waals surface area (Å²) in [5.41, 5.74) is 9.58. The minimum Gasteiger partial charge on any atom is -0.494 e. The first-order chi connectivity index (χ1) is 23.9. The van der Waals surface area contributed by atoms with Crippen molar-refractivity contribution in [2.45, 2.75) is 56.5 Å². The van der Waals surface area contributed by atoms with Gasteiger partial charge >= 0.3 is 0 Å². The minimum atomic E-state index is -0.662. The van der Waals surface area contributed by atoms with Gasteiger partial charge in [0.15, 0.2) is 17.3 Å². The van der Waals surface area contributed by atoms with Crippen molar-refractivity contribution >= 4 is 28.9 Å². The van der Waals surface area contributed by atoms with Gasteiger partial charge in [0, 0.05) is 75.1 Å². The standard InChI is InChI=1S/C37H49N9O3/c1-43-24-36(25-43)11-19-45(20-12-36)28-9-17-44(18-10-28)27-7-5-26(6-8-27)40-34-32(33(38)47)41-31(30-29(48-2)4-3-16-39-30)35(42-34)46-21-13-37(46)14-22-49-23-15-37/h3-8,16,28H,9-15,17-25H2,1-2H3,(H2,38,47)(H,40,42). The van der Waals surface area contributed by atoms with Crippen LogP contribution < -0.4 is 25.6 Å². The van der Waals surface area contributed by atoms with Crippen LogP contribution in [0.1, 0.15) is 55.4 Å². The van der Waals surface area contributed by atoms with Crippen LogP contribution in [0, 0.1) is 5.41 Å². The molecule has 1 amide bonds. The maximum Gasteiger partial charge on any atom is 0.271 e. The first-order valence-electron chi connectivity index (χ1n) is 18.0. The molecule has 8 rings (SSSR count). The summed E-state index contributed by atoms with van der Waals surface area (Å²) >= 11 is 0. The van der Waals surface area contributed by atoms with Gasteiger partial charge in [-0.1, -0.05) is 0 Å². The van der Waals surface area contributed by atoms with Gasteiger partial charge in [-0.05, 0) is 107 Å². The lowest BCUT2D eigenvalue weighted by atomic mass is 9.72. The summed E-state index contributed by atoms with van der Waals surface area (Å²) in [6, 6.07) is 12.7. The second-order valence-electron chi connectivity index (χ2n) is 14.8. The van der Waals surface area contributed by atoms with Crippen molar-refractivity contribution in [3.05, 3.63) is 48.3 Å². The number of methoxy groups -OCH3 is 1. The third-order valence-corrected chi connectivity index (χ3v) is 11.9. The Kier molecular flexibility index (Phi) is 8.57. The van der Waals surface area contributed by atoms with Gasteiger partial charge in [-0.15, -0.1) is 0 Å². The van der Waals surface area contributed by atoms with Crippen molar-refractivity contribution in [2.75, 3.05) is 88.3 Å². The molecule has 0 atom stereocenters. The van der Waals surface area contributed by atoms with Crippen LogP contribution in [0.25, 0.3) is 11.4 Å². The van der Waals surface area contributed by atoms with Gasteiger partial charge < -0.3 is 40.1 Å². The largest absolute Gasteiger partial charge is 0.494 e. The van der Waals surface area contributed by atoms with Crippen molar-refractivity contribution in [1.29, 1.82) is 0 Å². The summed E-state index contributed by atoms with van der Waals surface area (Å²) in [5.74, 6) is 0.897. The number of piperidine rings is 2. The van der Waals surface area contributed by atoms with Crippen molar-refractivity contribution in [2.24, 2.45) is 11.1 Å². The number of nitrogens with one attached hydrogen (secondary N) is 1. The van der Waals surface area contributed by atoms with Crippen LogP contribution in [0.2, 0.25) is 0 Å². The predicted molar refractivity (Wildman–Crippen MR) is 191 cm³/mol. The summed E-state index contributed by atoms with van der Waals surface area (Å²) in [5, 5.41) is 3.39. The quantitative estimate of drug-likeness (QED) is 0.360. The lowest BCUT2D eigenvalue weighted by Crippen LogP contribution is -2.63. The SMILES string of the molecule is COc1cccnc1-c1nc(C(N)=O)c(Nc2ccc(N3CCC(N4CCC5(CC4)CN(C)C5)CC3)cc2)nc1N1CCC12CCOCC2. The zero-order valence-electron chi connectivity index (χ0n) is 28.9. The smallest absolute Gasteiger partial charge is 0.271 e. The van der Waals surface area contributed by atoms with E-state index in [4.69, 9.17) is 25.2 Å². The van der Waals surface area contributed by atoms with Crippen molar-refractivity contribution in [1.82, 2.24) is 24.8 Å². The summed E-state index contributed by atoms with van der Waals surface area (Å²) < 4.78 is 11.4. The number of ether oxygens (including phenoxy) is 2. The fourth-order valence-electron chi connectivity index (χ4n) is 9.07. The van der Waals surface area contributed by atoms with Gasteiger partial charge in [-0.3, -0.25) is 9.78 Å². The van der Waals surface area contributed by atoms with Gasteiger partial charge in [0.05, 0.1) is 7.11 Å². The highest BCUT2D eigenvalue weighted by Gasteiger charge is 2.48. The number of hydrogen-bond acceptors (Lipinski definition) is 11. The molecule has 5 fully saturated rings. The molecule has 3 N–H and O–H groups in total. The molecular weight excluding hydrogens is 618 g/mol. The van der Waals surface area contributed by atoms with Crippen LogP contribution in [-0.2, 0) is 4.74 Å². The molecule has 12 nitrogen and oxygen atoms in total. The molecule has 0 aliphatic carbocycles. The molecule has 5 saturated heterocycles. The van der Waals surface area contributed by atoms with Crippen LogP contribution in [0.15, 0.2) is 42.6 Å². The highest BCUT2D eigenvalue weighted by atomic mass is 16.5. The number of anilines is 4. The van der Waals surface area contributed by atoms with E-state index in [2.05, 4.69) is 49.1 Å². The fraction of sp³-hybridized carbons (Fsp3) is 0.568. The number of primary amides is 1. The van der Waals surface area contributed by atoms with Crippen LogP contribution in [0.4, 0.5) is 23.0 Å². The zero-order chi connectivity index (χ0) is 33.6. The van der Waals surface area contributed by atoms with Crippen molar-refractivity contribution in [3.63, 3.8) is 0 Å². The Morgan fingerprint density at radius 2 is 1.67 bits per heavy atom. The molecule has 260 valence electrons. The number of rotatable bonds is 8. The molecule has 0 saturated carbocycles. The van der Waals surface area contributed by atoms with E-state index in [9.17, 15) is 4.79 Å². The van der Waals surface area contributed by atoms with Crippen LogP contribution in [0.3, 0.4) is 0 Å². The first kappa shape index (κ1) is 32.2. The number of nitrogens with two attached hydrogens (primary N) is 1. The molecule has 3 aromatic rings. The van der Waals surface area contributed by atoms with E-state index in [0.29, 0.717) is 53.4 Å². The lowest BCUT2D eigenvalue weighted by molar-refractivity contribution is -0.0419. The molecule has 2 spiro atoms. The Bertz CT molecular complexity index is 1650. The molecule has 1 aromatic carbocycles. The molecule has 5 aliphatic heterocycles. The molecule has 12 heteroatoms. The molecule has 49 heavy (non-hydrogen) atoms. The molecule has 0 radical (unpaired) electrons. The van der Waals surface area contributed by atoms with Gasteiger partial charge in [0.25, 0.3) is 5.91 Å². The number of aromatic nitrogens is 3.